The molecule has 1 aliphatic rings. The van der Waals surface area contributed by atoms with Crippen LogP contribution >= 0.6 is 11.6 Å². The van der Waals surface area contributed by atoms with Crippen LogP contribution in [0.5, 0.6) is 0 Å². The van der Waals surface area contributed by atoms with Gasteiger partial charge in [-0.3, -0.25) is 4.79 Å². The highest BCUT2D eigenvalue weighted by atomic mass is 35.5. The lowest BCUT2D eigenvalue weighted by Gasteiger charge is -2.21. The zero-order chi connectivity index (χ0) is 15.5. The molecule has 5 heteroatoms. The molecule has 114 valence electrons. The second-order valence-electron chi connectivity index (χ2n) is 5.49. The van der Waals surface area contributed by atoms with Crippen molar-refractivity contribution in [3.8, 4) is 0 Å². The molecular weight excluding hydrogens is 300 g/mol. The normalized spacial score (nSPS) is 24.3. The van der Waals surface area contributed by atoms with Crippen molar-refractivity contribution < 1.29 is 9.90 Å². The summed E-state index contributed by atoms with van der Waals surface area (Å²) in [6.45, 7) is 0. The van der Waals surface area contributed by atoms with Crippen molar-refractivity contribution in [2.24, 2.45) is 5.92 Å². The smallest absolute Gasteiger partial charge is 0.322 e. The van der Waals surface area contributed by atoms with Crippen LogP contribution in [0.4, 0.5) is 0 Å². The number of carboxylic acid groups (broad SMARTS) is 1. The van der Waals surface area contributed by atoms with Gasteiger partial charge < -0.3 is 5.11 Å². The number of nitrogens with one attached hydrogen (secondary N) is 2. The maximum Gasteiger partial charge on any atom is 0.322 e. The standard InChI is InChI=1S/C17H17ClN2O2/c18-13-8-6-12(7-9-13)15-14(16(17(21)22)20-19-15)10-11-4-2-1-3-5-11/h1-9,14-16,19-20H,10H2,(H,21,22). The number of halogens is 1. The van der Waals surface area contributed by atoms with E-state index in [-0.39, 0.29) is 12.0 Å². The Bertz CT molecular complexity index is 645. The third-order valence-electron chi connectivity index (χ3n) is 4.06. The molecule has 2 aromatic rings. The van der Waals surface area contributed by atoms with E-state index in [1.54, 1.807) is 0 Å². The van der Waals surface area contributed by atoms with Gasteiger partial charge >= 0.3 is 5.97 Å². The molecule has 1 saturated heterocycles. The molecule has 0 aromatic heterocycles. The van der Waals surface area contributed by atoms with Gasteiger partial charge in [0.1, 0.15) is 6.04 Å². The van der Waals surface area contributed by atoms with Crippen LogP contribution in [0.15, 0.2) is 54.6 Å². The van der Waals surface area contributed by atoms with Crippen molar-refractivity contribution in [1.82, 2.24) is 10.9 Å². The zero-order valence-electron chi connectivity index (χ0n) is 11.9. The van der Waals surface area contributed by atoms with Crippen LogP contribution in [-0.4, -0.2) is 17.1 Å². The number of rotatable bonds is 4. The predicted octanol–water partition coefficient (Wildman–Crippen LogP) is 2.80. The van der Waals surface area contributed by atoms with E-state index >= 15 is 0 Å². The third-order valence-corrected chi connectivity index (χ3v) is 4.31. The molecule has 1 fully saturated rings. The molecule has 3 rings (SSSR count). The summed E-state index contributed by atoms with van der Waals surface area (Å²) in [6.07, 6.45) is 0.686. The molecule has 3 unspecified atom stereocenters. The summed E-state index contributed by atoms with van der Waals surface area (Å²) in [4.78, 5) is 11.5. The number of hydrogen-bond acceptors (Lipinski definition) is 3. The average Bonchev–Trinajstić information content (AvgIpc) is 2.93. The lowest BCUT2D eigenvalue weighted by molar-refractivity contribution is -0.140. The molecule has 0 aliphatic carbocycles. The first-order valence-electron chi connectivity index (χ1n) is 7.18. The highest BCUT2D eigenvalue weighted by molar-refractivity contribution is 6.30. The molecule has 0 amide bonds. The van der Waals surface area contributed by atoms with E-state index in [1.165, 1.54) is 0 Å². The van der Waals surface area contributed by atoms with E-state index in [2.05, 4.69) is 10.9 Å². The first-order chi connectivity index (χ1) is 10.6. The lowest BCUT2D eigenvalue weighted by Crippen LogP contribution is -2.39. The maximum atomic E-state index is 11.5. The summed E-state index contributed by atoms with van der Waals surface area (Å²) in [5, 5.41) is 10.1. The van der Waals surface area contributed by atoms with Gasteiger partial charge in [-0.2, -0.15) is 0 Å². The maximum absolute atomic E-state index is 11.5. The van der Waals surface area contributed by atoms with Gasteiger partial charge in [-0.05, 0) is 29.7 Å². The summed E-state index contributed by atoms with van der Waals surface area (Å²) in [5.74, 6) is -0.925. The van der Waals surface area contributed by atoms with Crippen molar-refractivity contribution in [2.75, 3.05) is 0 Å². The molecule has 22 heavy (non-hydrogen) atoms. The average molecular weight is 317 g/mol. The number of carbonyl (C=O) groups is 1. The SMILES string of the molecule is O=C(O)C1NNC(c2ccc(Cl)cc2)C1Cc1ccccc1. The second kappa shape index (κ2) is 6.48. The van der Waals surface area contributed by atoms with Crippen molar-refractivity contribution in [3.05, 3.63) is 70.7 Å². The number of hydrazine groups is 1. The monoisotopic (exact) mass is 316 g/mol. The Kier molecular flexibility index (Phi) is 4.43. The summed E-state index contributed by atoms with van der Waals surface area (Å²) in [5.41, 5.74) is 8.18. The Hall–Kier alpha value is -1.88. The van der Waals surface area contributed by atoms with Crippen molar-refractivity contribution >= 4 is 17.6 Å². The second-order valence-corrected chi connectivity index (χ2v) is 5.92. The molecular formula is C17H17ClN2O2. The van der Waals surface area contributed by atoms with E-state index in [0.29, 0.717) is 11.4 Å². The Labute approximate surface area is 134 Å². The quantitative estimate of drug-likeness (QED) is 0.811. The highest BCUT2D eigenvalue weighted by Gasteiger charge is 2.40. The van der Waals surface area contributed by atoms with Gasteiger partial charge in [0.15, 0.2) is 0 Å². The summed E-state index contributed by atoms with van der Waals surface area (Å²) in [6, 6.07) is 16.8. The minimum atomic E-state index is -0.843. The fraction of sp³-hybridized carbons (Fsp3) is 0.235. The van der Waals surface area contributed by atoms with Crippen LogP contribution in [0.3, 0.4) is 0 Å². The highest BCUT2D eigenvalue weighted by Crippen LogP contribution is 2.32. The van der Waals surface area contributed by atoms with Gasteiger partial charge in [0.05, 0.1) is 6.04 Å². The summed E-state index contributed by atoms with van der Waals surface area (Å²) in [7, 11) is 0. The van der Waals surface area contributed by atoms with E-state index in [9.17, 15) is 9.90 Å². The Morgan fingerprint density at radius 3 is 2.36 bits per heavy atom. The minimum absolute atomic E-state index is 0.0708. The van der Waals surface area contributed by atoms with Crippen LogP contribution < -0.4 is 10.9 Å². The molecule has 0 bridgehead atoms. The van der Waals surface area contributed by atoms with Crippen molar-refractivity contribution in [2.45, 2.75) is 18.5 Å². The summed E-state index contributed by atoms with van der Waals surface area (Å²) < 4.78 is 0. The zero-order valence-corrected chi connectivity index (χ0v) is 12.6. The van der Waals surface area contributed by atoms with Gasteiger partial charge in [0, 0.05) is 10.9 Å². The lowest BCUT2D eigenvalue weighted by atomic mass is 9.84. The van der Waals surface area contributed by atoms with Gasteiger partial charge in [-0.15, -0.1) is 0 Å². The first kappa shape index (κ1) is 15.0. The number of hydrogen-bond donors (Lipinski definition) is 3. The molecule has 4 nitrogen and oxygen atoms in total. The fourth-order valence-corrected chi connectivity index (χ4v) is 3.08. The first-order valence-corrected chi connectivity index (χ1v) is 7.56. The van der Waals surface area contributed by atoms with Crippen LogP contribution in [0.25, 0.3) is 0 Å². The largest absolute Gasteiger partial charge is 0.480 e. The topological polar surface area (TPSA) is 61.4 Å². The van der Waals surface area contributed by atoms with Crippen molar-refractivity contribution in [3.63, 3.8) is 0 Å². The molecule has 0 radical (unpaired) electrons. The van der Waals surface area contributed by atoms with E-state index in [4.69, 9.17) is 11.6 Å². The number of carboxylic acids is 1. The Morgan fingerprint density at radius 1 is 1.05 bits per heavy atom. The molecule has 3 N–H and O–H groups in total. The number of benzene rings is 2. The van der Waals surface area contributed by atoms with E-state index in [1.807, 2.05) is 54.6 Å². The molecule has 3 atom stereocenters. The minimum Gasteiger partial charge on any atom is -0.480 e. The number of aliphatic carboxylic acids is 1. The van der Waals surface area contributed by atoms with Crippen molar-refractivity contribution in [1.29, 1.82) is 0 Å². The third kappa shape index (κ3) is 3.14. The fourth-order valence-electron chi connectivity index (χ4n) is 2.95. The molecule has 0 spiro atoms. The van der Waals surface area contributed by atoms with Gasteiger partial charge in [0.2, 0.25) is 0 Å². The van der Waals surface area contributed by atoms with E-state index < -0.39 is 12.0 Å². The molecule has 1 aliphatic heterocycles. The summed E-state index contributed by atoms with van der Waals surface area (Å²) >= 11 is 5.93. The van der Waals surface area contributed by atoms with Crippen LogP contribution in [0.1, 0.15) is 17.2 Å². The van der Waals surface area contributed by atoms with E-state index in [0.717, 1.165) is 11.1 Å². The Morgan fingerprint density at radius 2 is 1.73 bits per heavy atom. The molecule has 2 aromatic carbocycles. The molecule has 1 heterocycles. The predicted molar refractivity (Wildman–Crippen MR) is 85.5 cm³/mol. The van der Waals surface area contributed by atoms with Gasteiger partial charge in [-0.1, -0.05) is 54.1 Å². The van der Waals surface area contributed by atoms with Crippen LogP contribution in [0.2, 0.25) is 5.02 Å². The van der Waals surface area contributed by atoms with Gasteiger partial charge in [-0.25, -0.2) is 10.9 Å². The van der Waals surface area contributed by atoms with Crippen LogP contribution in [0, 0.1) is 5.92 Å². The molecule has 0 saturated carbocycles. The van der Waals surface area contributed by atoms with Crippen LogP contribution in [-0.2, 0) is 11.2 Å². The van der Waals surface area contributed by atoms with Gasteiger partial charge in [0.25, 0.3) is 0 Å². The Balaban J connectivity index is 1.88.